The number of hydrogen-bond acceptors (Lipinski definition) is 3. The molecule has 0 saturated heterocycles. The highest BCUT2D eigenvalue weighted by Crippen LogP contribution is 2.07. The maximum Gasteiger partial charge on any atom is 0.0587 e. The summed E-state index contributed by atoms with van der Waals surface area (Å²) in [4.78, 5) is 2.50. The quantitative estimate of drug-likeness (QED) is 0.506. The van der Waals surface area contributed by atoms with Gasteiger partial charge < -0.3 is 10.1 Å². The zero-order chi connectivity index (χ0) is 10.2. The average molecular weight is 198 g/mol. The van der Waals surface area contributed by atoms with Gasteiger partial charge in [-0.25, -0.2) is 0 Å². The van der Waals surface area contributed by atoms with Gasteiger partial charge in [-0.3, -0.25) is 4.90 Å². The summed E-state index contributed by atoms with van der Waals surface area (Å²) in [6.07, 6.45) is 3.55. The minimum Gasteiger partial charge on any atom is -0.383 e. The van der Waals surface area contributed by atoms with Gasteiger partial charge in [-0.1, -0.05) is 11.6 Å². The Morgan fingerprint density at radius 3 is 3.07 bits per heavy atom. The Hall–Kier alpha value is -0.380. The lowest BCUT2D eigenvalue weighted by molar-refractivity contribution is 0.197. The van der Waals surface area contributed by atoms with E-state index in [9.17, 15) is 0 Å². The van der Waals surface area contributed by atoms with E-state index >= 15 is 0 Å². The van der Waals surface area contributed by atoms with Crippen LogP contribution in [0.1, 0.15) is 13.3 Å². The van der Waals surface area contributed by atoms with Gasteiger partial charge in [-0.05, 0) is 13.3 Å². The topological polar surface area (TPSA) is 24.5 Å². The standard InChI is InChI=1S/C11H22N2O/c1-11-4-3-7-13(10-11)8-5-12-6-9-14-2/h4,12H,3,5-10H2,1-2H3. The van der Waals surface area contributed by atoms with Gasteiger partial charge in [0.2, 0.25) is 0 Å². The molecule has 0 fully saturated rings. The van der Waals surface area contributed by atoms with Crippen molar-refractivity contribution in [1.82, 2.24) is 10.2 Å². The summed E-state index contributed by atoms with van der Waals surface area (Å²) in [7, 11) is 1.74. The molecule has 0 amide bonds. The van der Waals surface area contributed by atoms with Crippen LogP contribution in [0, 0.1) is 0 Å². The van der Waals surface area contributed by atoms with E-state index in [-0.39, 0.29) is 0 Å². The van der Waals surface area contributed by atoms with Gasteiger partial charge >= 0.3 is 0 Å². The molecule has 1 aliphatic heterocycles. The van der Waals surface area contributed by atoms with Gasteiger partial charge in [0.1, 0.15) is 0 Å². The molecule has 1 N–H and O–H groups in total. The second kappa shape index (κ2) is 6.98. The van der Waals surface area contributed by atoms with Gasteiger partial charge in [-0.15, -0.1) is 0 Å². The number of hydrogen-bond donors (Lipinski definition) is 1. The van der Waals surface area contributed by atoms with Crippen LogP contribution in [0.5, 0.6) is 0 Å². The van der Waals surface area contributed by atoms with Crippen LogP contribution in [-0.2, 0) is 4.74 Å². The van der Waals surface area contributed by atoms with Crippen molar-refractivity contribution in [1.29, 1.82) is 0 Å². The zero-order valence-corrected chi connectivity index (χ0v) is 9.38. The molecule has 1 rings (SSSR count). The lowest BCUT2D eigenvalue weighted by Gasteiger charge is -2.25. The second-order valence-corrected chi connectivity index (χ2v) is 3.86. The van der Waals surface area contributed by atoms with Crippen LogP contribution in [0.25, 0.3) is 0 Å². The summed E-state index contributed by atoms with van der Waals surface area (Å²) in [6.45, 7) is 8.55. The van der Waals surface area contributed by atoms with E-state index in [2.05, 4.69) is 23.2 Å². The Balaban J connectivity index is 1.99. The molecule has 0 aromatic heterocycles. The van der Waals surface area contributed by atoms with E-state index in [0.717, 1.165) is 32.8 Å². The number of rotatable bonds is 6. The first-order valence-electron chi connectivity index (χ1n) is 5.40. The third-order valence-electron chi connectivity index (χ3n) is 2.50. The summed E-state index contributed by atoms with van der Waals surface area (Å²) in [5.74, 6) is 0. The number of methoxy groups -OCH3 is 1. The summed E-state index contributed by atoms with van der Waals surface area (Å²) in [5, 5.41) is 3.36. The van der Waals surface area contributed by atoms with Crippen molar-refractivity contribution in [2.45, 2.75) is 13.3 Å². The average Bonchev–Trinajstić information content (AvgIpc) is 2.18. The molecule has 0 bridgehead atoms. The minimum absolute atomic E-state index is 0.804. The van der Waals surface area contributed by atoms with E-state index in [4.69, 9.17) is 4.74 Å². The van der Waals surface area contributed by atoms with E-state index in [0.29, 0.717) is 0 Å². The van der Waals surface area contributed by atoms with Crippen LogP contribution in [-0.4, -0.2) is 51.3 Å². The maximum atomic E-state index is 4.97. The van der Waals surface area contributed by atoms with E-state index in [1.165, 1.54) is 18.5 Å². The van der Waals surface area contributed by atoms with Crippen LogP contribution in [0.15, 0.2) is 11.6 Å². The fraction of sp³-hybridized carbons (Fsp3) is 0.818. The number of nitrogens with one attached hydrogen (secondary N) is 1. The number of nitrogens with zero attached hydrogens (tertiary/aromatic N) is 1. The monoisotopic (exact) mass is 198 g/mol. The predicted molar refractivity (Wildman–Crippen MR) is 59.6 cm³/mol. The SMILES string of the molecule is COCCNCCN1CCC=C(C)C1. The van der Waals surface area contributed by atoms with Crippen LogP contribution < -0.4 is 5.32 Å². The predicted octanol–water partition coefficient (Wildman–Crippen LogP) is 0.874. The van der Waals surface area contributed by atoms with Crippen LogP contribution in [0.3, 0.4) is 0 Å². The third kappa shape index (κ3) is 4.74. The largest absolute Gasteiger partial charge is 0.383 e. The molecule has 1 heterocycles. The molecule has 14 heavy (non-hydrogen) atoms. The summed E-state index contributed by atoms with van der Waals surface area (Å²) in [5.41, 5.74) is 1.51. The molecule has 0 unspecified atom stereocenters. The van der Waals surface area contributed by atoms with Gasteiger partial charge in [0.15, 0.2) is 0 Å². The molecule has 0 atom stereocenters. The molecule has 3 nitrogen and oxygen atoms in total. The first kappa shape index (κ1) is 11.7. The second-order valence-electron chi connectivity index (χ2n) is 3.86. The van der Waals surface area contributed by atoms with Crippen molar-refractivity contribution in [3.05, 3.63) is 11.6 Å². The smallest absolute Gasteiger partial charge is 0.0587 e. The fourth-order valence-corrected chi connectivity index (χ4v) is 1.72. The van der Waals surface area contributed by atoms with Crippen LogP contribution in [0.4, 0.5) is 0 Å². The molecule has 0 aliphatic carbocycles. The van der Waals surface area contributed by atoms with Crippen molar-refractivity contribution in [3.63, 3.8) is 0 Å². The number of ether oxygens (including phenoxy) is 1. The van der Waals surface area contributed by atoms with Crippen LogP contribution in [0.2, 0.25) is 0 Å². The van der Waals surface area contributed by atoms with Crippen molar-refractivity contribution >= 4 is 0 Å². The van der Waals surface area contributed by atoms with Crippen molar-refractivity contribution in [2.75, 3.05) is 46.4 Å². The summed E-state index contributed by atoms with van der Waals surface area (Å²) in [6, 6.07) is 0. The van der Waals surface area contributed by atoms with E-state index in [1.54, 1.807) is 7.11 Å². The Bertz CT molecular complexity index is 180. The molecule has 82 valence electrons. The molecular weight excluding hydrogens is 176 g/mol. The van der Waals surface area contributed by atoms with Crippen molar-refractivity contribution in [2.24, 2.45) is 0 Å². The Kier molecular flexibility index (Phi) is 5.83. The highest BCUT2D eigenvalue weighted by atomic mass is 16.5. The normalized spacial score (nSPS) is 18.3. The van der Waals surface area contributed by atoms with Gasteiger partial charge in [-0.2, -0.15) is 0 Å². The maximum absolute atomic E-state index is 4.97. The third-order valence-corrected chi connectivity index (χ3v) is 2.50. The Morgan fingerprint density at radius 1 is 1.50 bits per heavy atom. The zero-order valence-electron chi connectivity index (χ0n) is 9.38. The first-order chi connectivity index (χ1) is 6.83. The highest BCUT2D eigenvalue weighted by molar-refractivity contribution is 5.04. The lowest BCUT2D eigenvalue weighted by Crippen LogP contribution is -2.36. The molecule has 0 saturated carbocycles. The lowest BCUT2D eigenvalue weighted by atomic mass is 10.1. The van der Waals surface area contributed by atoms with Gasteiger partial charge in [0, 0.05) is 39.8 Å². The Morgan fingerprint density at radius 2 is 2.36 bits per heavy atom. The van der Waals surface area contributed by atoms with Crippen molar-refractivity contribution in [3.8, 4) is 0 Å². The van der Waals surface area contributed by atoms with Crippen molar-refractivity contribution < 1.29 is 4.74 Å². The molecule has 0 radical (unpaired) electrons. The van der Waals surface area contributed by atoms with Gasteiger partial charge in [0.05, 0.1) is 6.61 Å². The first-order valence-corrected chi connectivity index (χ1v) is 5.40. The summed E-state index contributed by atoms with van der Waals surface area (Å²) >= 11 is 0. The fourth-order valence-electron chi connectivity index (χ4n) is 1.72. The van der Waals surface area contributed by atoms with Gasteiger partial charge in [0.25, 0.3) is 0 Å². The van der Waals surface area contributed by atoms with E-state index in [1.807, 2.05) is 0 Å². The molecule has 3 heteroatoms. The molecule has 1 aliphatic rings. The molecule has 0 spiro atoms. The molecule has 0 aromatic carbocycles. The summed E-state index contributed by atoms with van der Waals surface area (Å²) < 4.78 is 4.97. The van der Waals surface area contributed by atoms with E-state index < -0.39 is 0 Å². The Labute approximate surface area is 87.1 Å². The molecular formula is C11H22N2O. The van der Waals surface area contributed by atoms with Crippen LogP contribution >= 0.6 is 0 Å². The highest BCUT2D eigenvalue weighted by Gasteiger charge is 2.08. The molecule has 0 aromatic rings. The minimum atomic E-state index is 0.804.